The average molecular weight is 383 g/mol. The van der Waals surface area contributed by atoms with Crippen molar-refractivity contribution in [2.75, 3.05) is 51.3 Å². The number of carbonyl (C=O) groups is 1. The predicted molar refractivity (Wildman–Crippen MR) is 112 cm³/mol. The third-order valence-corrected chi connectivity index (χ3v) is 4.85. The molecule has 28 heavy (non-hydrogen) atoms. The molecule has 6 nitrogen and oxygen atoms in total. The summed E-state index contributed by atoms with van der Waals surface area (Å²) < 4.78 is 10.9. The van der Waals surface area contributed by atoms with Crippen LogP contribution >= 0.6 is 0 Å². The molecule has 0 unspecified atom stereocenters. The summed E-state index contributed by atoms with van der Waals surface area (Å²) in [6, 6.07) is 14.1. The first-order chi connectivity index (χ1) is 13.5. The number of urea groups is 1. The van der Waals surface area contributed by atoms with Crippen LogP contribution in [0.15, 0.2) is 42.5 Å². The van der Waals surface area contributed by atoms with Gasteiger partial charge in [0.25, 0.3) is 0 Å². The van der Waals surface area contributed by atoms with Crippen molar-refractivity contribution in [1.29, 1.82) is 0 Å². The summed E-state index contributed by atoms with van der Waals surface area (Å²) in [4.78, 5) is 16.5. The highest BCUT2D eigenvalue weighted by Crippen LogP contribution is 2.20. The molecule has 1 aliphatic heterocycles. The van der Waals surface area contributed by atoms with E-state index in [0.717, 1.165) is 30.3 Å². The van der Waals surface area contributed by atoms with Crippen molar-refractivity contribution in [1.82, 2.24) is 10.2 Å². The van der Waals surface area contributed by atoms with Gasteiger partial charge in [-0.2, -0.15) is 0 Å². The SMILES string of the molecule is COc1ccc(N2CCN(C(=O)NCCOc3cc(C)cc(C)c3)CC2)cc1. The minimum Gasteiger partial charge on any atom is -0.497 e. The van der Waals surface area contributed by atoms with E-state index in [1.165, 1.54) is 11.1 Å². The zero-order valence-electron chi connectivity index (χ0n) is 16.9. The number of benzene rings is 2. The molecule has 1 heterocycles. The van der Waals surface area contributed by atoms with Gasteiger partial charge < -0.3 is 24.6 Å². The molecule has 1 fully saturated rings. The van der Waals surface area contributed by atoms with Crippen LogP contribution in [0.25, 0.3) is 0 Å². The first kappa shape index (κ1) is 19.9. The first-order valence-corrected chi connectivity index (χ1v) is 9.68. The van der Waals surface area contributed by atoms with Crippen molar-refractivity contribution in [3.8, 4) is 11.5 Å². The number of carbonyl (C=O) groups excluding carboxylic acids is 1. The number of nitrogens with zero attached hydrogens (tertiary/aromatic N) is 2. The van der Waals surface area contributed by atoms with Crippen LogP contribution in [-0.2, 0) is 0 Å². The molecular formula is C22H29N3O3. The minimum absolute atomic E-state index is 0.0293. The van der Waals surface area contributed by atoms with Gasteiger partial charge in [0.1, 0.15) is 18.1 Å². The molecule has 3 rings (SSSR count). The lowest BCUT2D eigenvalue weighted by Crippen LogP contribution is -2.52. The molecule has 2 aromatic rings. The van der Waals surface area contributed by atoms with Crippen molar-refractivity contribution in [3.63, 3.8) is 0 Å². The van der Waals surface area contributed by atoms with Gasteiger partial charge in [0.05, 0.1) is 13.7 Å². The van der Waals surface area contributed by atoms with E-state index < -0.39 is 0 Å². The van der Waals surface area contributed by atoms with E-state index in [0.29, 0.717) is 26.2 Å². The number of nitrogens with one attached hydrogen (secondary N) is 1. The number of amides is 2. The Bertz CT molecular complexity index is 764. The van der Waals surface area contributed by atoms with Crippen LogP contribution in [0.3, 0.4) is 0 Å². The number of hydrogen-bond donors (Lipinski definition) is 1. The van der Waals surface area contributed by atoms with Crippen molar-refractivity contribution in [3.05, 3.63) is 53.6 Å². The molecule has 0 radical (unpaired) electrons. The van der Waals surface area contributed by atoms with Crippen molar-refractivity contribution in [2.24, 2.45) is 0 Å². The Hall–Kier alpha value is -2.89. The summed E-state index contributed by atoms with van der Waals surface area (Å²) in [5.41, 5.74) is 3.50. The topological polar surface area (TPSA) is 54.0 Å². The molecule has 0 atom stereocenters. The van der Waals surface area contributed by atoms with Crippen LogP contribution < -0.4 is 19.7 Å². The highest BCUT2D eigenvalue weighted by molar-refractivity contribution is 5.74. The minimum atomic E-state index is -0.0293. The Labute approximate surface area is 167 Å². The van der Waals surface area contributed by atoms with Crippen LogP contribution in [-0.4, -0.2) is 57.4 Å². The monoisotopic (exact) mass is 383 g/mol. The van der Waals surface area contributed by atoms with E-state index in [1.54, 1.807) is 7.11 Å². The number of piperazine rings is 1. The maximum Gasteiger partial charge on any atom is 0.317 e. The van der Waals surface area contributed by atoms with Gasteiger partial charge in [-0.1, -0.05) is 6.07 Å². The summed E-state index contributed by atoms with van der Waals surface area (Å²) in [5.74, 6) is 1.70. The van der Waals surface area contributed by atoms with Crippen LogP contribution in [0.2, 0.25) is 0 Å². The second-order valence-electron chi connectivity index (χ2n) is 7.08. The van der Waals surface area contributed by atoms with Gasteiger partial charge in [0.2, 0.25) is 0 Å². The lowest BCUT2D eigenvalue weighted by molar-refractivity contribution is 0.191. The summed E-state index contributed by atoms with van der Waals surface area (Å²) in [5, 5.41) is 2.95. The average Bonchev–Trinajstić information content (AvgIpc) is 2.70. The molecule has 6 heteroatoms. The fraction of sp³-hybridized carbons (Fsp3) is 0.409. The van der Waals surface area contributed by atoms with E-state index in [9.17, 15) is 4.79 Å². The lowest BCUT2D eigenvalue weighted by atomic mass is 10.1. The number of rotatable bonds is 6. The largest absolute Gasteiger partial charge is 0.497 e. The van der Waals surface area contributed by atoms with Gasteiger partial charge >= 0.3 is 6.03 Å². The molecule has 0 aliphatic carbocycles. The highest BCUT2D eigenvalue weighted by Gasteiger charge is 2.21. The highest BCUT2D eigenvalue weighted by atomic mass is 16.5. The molecule has 2 aromatic carbocycles. The molecule has 0 aromatic heterocycles. The number of ether oxygens (including phenoxy) is 2. The smallest absolute Gasteiger partial charge is 0.317 e. The van der Waals surface area contributed by atoms with Crippen LogP contribution in [0, 0.1) is 13.8 Å². The molecule has 2 amide bonds. The van der Waals surface area contributed by atoms with Crippen molar-refractivity contribution >= 4 is 11.7 Å². The Morgan fingerprint density at radius 2 is 1.61 bits per heavy atom. The second kappa shape index (κ2) is 9.35. The number of methoxy groups -OCH3 is 1. The number of aryl methyl sites for hydroxylation is 2. The Kier molecular flexibility index (Phi) is 6.63. The first-order valence-electron chi connectivity index (χ1n) is 9.68. The van der Waals surface area contributed by atoms with Gasteiger partial charge in [-0.25, -0.2) is 4.79 Å². The summed E-state index contributed by atoms with van der Waals surface area (Å²) >= 11 is 0. The van der Waals surface area contributed by atoms with E-state index in [-0.39, 0.29) is 6.03 Å². The molecular weight excluding hydrogens is 354 g/mol. The van der Waals surface area contributed by atoms with Crippen LogP contribution in [0.1, 0.15) is 11.1 Å². The fourth-order valence-electron chi connectivity index (χ4n) is 3.42. The maximum absolute atomic E-state index is 12.4. The van der Waals surface area contributed by atoms with Gasteiger partial charge in [-0.05, 0) is 61.4 Å². The zero-order valence-corrected chi connectivity index (χ0v) is 16.9. The normalized spacial score (nSPS) is 14.0. The number of anilines is 1. The second-order valence-corrected chi connectivity index (χ2v) is 7.08. The van der Waals surface area contributed by atoms with Gasteiger partial charge in [-0.15, -0.1) is 0 Å². The predicted octanol–water partition coefficient (Wildman–Crippen LogP) is 3.22. The summed E-state index contributed by atoms with van der Waals surface area (Å²) in [6.45, 7) is 8.09. The van der Waals surface area contributed by atoms with E-state index >= 15 is 0 Å². The molecule has 0 saturated carbocycles. The quantitative estimate of drug-likeness (QED) is 0.778. The third-order valence-electron chi connectivity index (χ3n) is 4.85. The molecule has 1 aliphatic rings. The Balaban J connectivity index is 1.38. The molecule has 1 saturated heterocycles. The van der Waals surface area contributed by atoms with E-state index in [4.69, 9.17) is 9.47 Å². The number of hydrogen-bond acceptors (Lipinski definition) is 4. The van der Waals surface area contributed by atoms with Crippen LogP contribution in [0.5, 0.6) is 11.5 Å². The maximum atomic E-state index is 12.4. The summed E-state index contributed by atoms with van der Waals surface area (Å²) in [7, 11) is 1.67. The fourth-order valence-corrected chi connectivity index (χ4v) is 3.42. The Morgan fingerprint density at radius 1 is 0.964 bits per heavy atom. The third kappa shape index (κ3) is 5.31. The van der Waals surface area contributed by atoms with Crippen LogP contribution in [0.4, 0.5) is 10.5 Å². The molecule has 0 bridgehead atoms. The molecule has 0 spiro atoms. The van der Waals surface area contributed by atoms with Gasteiger partial charge in [0.15, 0.2) is 0 Å². The van der Waals surface area contributed by atoms with Gasteiger partial charge in [0, 0.05) is 31.9 Å². The Morgan fingerprint density at radius 3 is 2.21 bits per heavy atom. The lowest BCUT2D eigenvalue weighted by Gasteiger charge is -2.36. The van der Waals surface area contributed by atoms with Gasteiger partial charge in [-0.3, -0.25) is 0 Å². The molecule has 1 N–H and O–H groups in total. The van der Waals surface area contributed by atoms with Crippen molar-refractivity contribution < 1.29 is 14.3 Å². The zero-order chi connectivity index (χ0) is 19.9. The summed E-state index contributed by atoms with van der Waals surface area (Å²) in [6.07, 6.45) is 0. The standard InChI is InChI=1S/C22H29N3O3/c1-17-14-18(2)16-21(15-17)28-13-8-23-22(26)25-11-9-24(10-12-25)19-4-6-20(27-3)7-5-19/h4-7,14-16H,8-13H2,1-3H3,(H,23,26). The van der Waals surface area contributed by atoms with E-state index in [2.05, 4.69) is 28.4 Å². The van der Waals surface area contributed by atoms with E-state index in [1.807, 2.05) is 43.0 Å². The van der Waals surface area contributed by atoms with Crippen molar-refractivity contribution in [2.45, 2.75) is 13.8 Å². The molecule has 150 valence electrons.